The molecule has 3 nitrogen and oxygen atoms in total. The third-order valence-electron chi connectivity index (χ3n) is 14.9. The second-order valence-corrected chi connectivity index (χ2v) is 19.1. The molecule has 3 heteroatoms. The minimum atomic E-state index is -0.594. The van der Waals surface area contributed by atoms with E-state index in [-0.39, 0.29) is 0 Å². The van der Waals surface area contributed by atoms with Gasteiger partial charge in [0.2, 0.25) is 0 Å². The van der Waals surface area contributed by atoms with Gasteiger partial charge in [-0.2, -0.15) is 0 Å². The lowest BCUT2D eigenvalue weighted by Gasteiger charge is -2.35. The van der Waals surface area contributed by atoms with Crippen LogP contribution in [0, 0.1) is 0 Å². The van der Waals surface area contributed by atoms with E-state index in [4.69, 9.17) is 15.0 Å². The number of fused-ring (bicyclic) bond motifs is 12. The molecule has 0 fully saturated rings. The van der Waals surface area contributed by atoms with Gasteiger partial charge in [0.05, 0.1) is 5.41 Å². The predicted octanol–water partition coefficient (Wildman–Crippen LogP) is 17.6. The number of aromatic nitrogens is 3. The van der Waals surface area contributed by atoms with Gasteiger partial charge in [0.25, 0.3) is 0 Å². The summed E-state index contributed by atoms with van der Waals surface area (Å²) in [4.78, 5) is 16.5. The second kappa shape index (κ2) is 17.4. The Kier molecular flexibility index (Phi) is 10.1. The van der Waals surface area contributed by atoms with Gasteiger partial charge in [0.15, 0.2) is 17.5 Å². The maximum atomic E-state index is 5.51. The molecule has 73 heavy (non-hydrogen) atoms. The zero-order valence-corrected chi connectivity index (χ0v) is 39.8. The molecule has 0 unspecified atom stereocenters. The van der Waals surface area contributed by atoms with E-state index < -0.39 is 5.41 Å². The van der Waals surface area contributed by atoms with Crippen LogP contribution in [-0.2, 0) is 5.41 Å². The summed E-state index contributed by atoms with van der Waals surface area (Å²) in [6, 6.07) is 98.6. The summed E-state index contributed by atoms with van der Waals surface area (Å²) in [5.74, 6) is 1.80. The standard InChI is InChI=1S/C70H45N3/c1-5-21-46(22-6-1)51-39-52(47-23-7-2-8-24-47)42-55(41-51)68-71-67(72-69(73-68)56-43-53(48-25-9-3-10-26-48)40-54(44-56)49-27-11-4-12-28-49)50-37-38-66-62(45-50)61-33-17-20-36-65(61)70(66)63-34-18-15-31-59(63)57-29-13-14-30-58(57)60-32-16-19-35-64(60)70/h1-45H. The zero-order valence-electron chi connectivity index (χ0n) is 39.8. The zero-order chi connectivity index (χ0) is 48.3. The summed E-state index contributed by atoms with van der Waals surface area (Å²) in [6.07, 6.45) is 0. The molecule has 1 spiro atoms. The highest BCUT2D eigenvalue weighted by atomic mass is 15.0. The monoisotopic (exact) mass is 927 g/mol. The molecule has 1 aromatic heterocycles. The first-order chi connectivity index (χ1) is 36.2. The van der Waals surface area contributed by atoms with Gasteiger partial charge in [-0.25, -0.2) is 15.0 Å². The maximum absolute atomic E-state index is 5.51. The van der Waals surface area contributed by atoms with Crippen LogP contribution in [0.4, 0.5) is 0 Å². The summed E-state index contributed by atoms with van der Waals surface area (Å²) in [7, 11) is 0. The molecule has 0 amide bonds. The van der Waals surface area contributed by atoms with Crippen molar-refractivity contribution < 1.29 is 0 Å². The third kappa shape index (κ3) is 7.08. The average molecular weight is 928 g/mol. The highest BCUT2D eigenvalue weighted by molar-refractivity contribution is 5.98. The van der Waals surface area contributed by atoms with E-state index in [0.29, 0.717) is 17.5 Å². The van der Waals surface area contributed by atoms with E-state index in [1.807, 2.05) is 0 Å². The molecule has 0 saturated heterocycles. The van der Waals surface area contributed by atoms with Crippen molar-refractivity contribution in [1.82, 2.24) is 15.0 Å². The molecule has 1 heterocycles. The molecule has 14 rings (SSSR count). The number of hydrogen-bond donors (Lipinski definition) is 0. The molecule has 12 aromatic rings. The minimum absolute atomic E-state index is 0.594. The van der Waals surface area contributed by atoms with Crippen LogP contribution in [0.1, 0.15) is 22.3 Å². The third-order valence-corrected chi connectivity index (χ3v) is 14.9. The lowest BCUT2D eigenvalue weighted by Crippen LogP contribution is -2.29. The van der Waals surface area contributed by atoms with Crippen molar-refractivity contribution in [3.63, 3.8) is 0 Å². The summed E-state index contributed by atoms with van der Waals surface area (Å²) >= 11 is 0. The summed E-state index contributed by atoms with van der Waals surface area (Å²) in [6.45, 7) is 0. The van der Waals surface area contributed by atoms with Gasteiger partial charge in [-0.1, -0.05) is 231 Å². The van der Waals surface area contributed by atoms with Crippen LogP contribution in [0.25, 0.3) is 112 Å². The molecule has 0 saturated carbocycles. The second-order valence-electron chi connectivity index (χ2n) is 19.1. The van der Waals surface area contributed by atoms with Crippen molar-refractivity contribution in [2.45, 2.75) is 5.41 Å². The summed E-state index contributed by atoms with van der Waals surface area (Å²) in [5.41, 5.74) is 23.4. The van der Waals surface area contributed by atoms with Crippen molar-refractivity contribution in [2.75, 3.05) is 0 Å². The van der Waals surface area contributed by atoms with E-state index in [0.717, 1.165) is 61.2 Å². The van der Waals surface area contributed by atoms with E-state index >= 15 is 0 Å². The van der Waals surface area contributed by atoms with Crippen LogP contribution in [0.2, 0.25) is 0 Å². The van der Waals surface area contributed by atoms with Crippen LogP contribution in [0.3, 0.4) is 0 Å². The molecule has 0 atom stereocenters. The number of hydrogen-bond acceptors (Lipinski definition) is 3. The number of nitrogens with zero attached hydrogens (tertiary/aromatic N) is 3. The largest absolute Gasteiger partial charge is 0.208 e. The van der Waals surface area contributed by atoms with Crippen LogP contribution >= 0.6 is 0 Å². The van der Waals surface area contributed by atoms with Gasteiger partial charge < -0.3 is 0 Å². The first-order valence-corrected chi connectivity index (χ1v) is 25.0. The Bertz CT molecular complexity index is 3740. The Hall–Kier alpha value is -9.57. The molecular formula is C70H45N3. The fraction of sp³-hybridized carbons (Fsp3) is 0.0143. The molecule has 0 radical (unpaired) electrons. The lowest BCUT2D eigenvalue weighted by atomic mass is 9.66. The lowest BCUT2D eigenvalue weighted by molar-refractivity contribution is 0.775. The molecule has 0 aliphatic heterocycles. The molecule has 2 aliphatic carbocycles. The van der Waals surface area contributed by atoms with Crippen molar-refractivity contribution in [3.05, 3.63) is 295 Å². The summed E-state index contributed by atoms with van der Waals surface area (Å²) < 4.78 is 0. The van der Waals surface area contributed by atoms with Gasteiger partial charge >= 0.3 is 0 Å². The smallest absolute Gasteiger partial charge is 0.164 e. The molecule has 2 aliphatic rings. The Balaban J connectivity index is 1.02. The normalized spacial score (nSPS) is 12.5. The van der Waals surface area contributed by atoms with E-state index in [2.05, 4.69) is 273 Å². The van der Waals surface area contributed by atoms with E-state index in [1.54, 1.807) is 0 Å². The molecular weight excluding hydrogens is 883 g/mol. The van der Waals surface area contributed by atoms with Gasteiger partial charge in [0, 0.05) is 16.7 Å². The van der Waals surface area contributed by atoms with Crippen LogP contribution in [-0.4, -0.2) is 15.0 Å². The Labute approximate surface area is 425 Å². The SMILES string of the molecule is c1ccc(-c2cc(-c3ccccc3)cc(-c3nc(-c4cc(-c5ccccc5)cc(-c5ccccc5)c4)nc(-c4ccc5c(c4)-c4ccccc4C54c5ccccc5-c5ccccc5-c5ccccc54)n3)c2)cc1. The van der Waals surface area contributed by atoms with Crippen LogP contribution in [0.5, 0.6) is 0 Å². The quantitative estimate of drug-likeness (QED) is 0.160. The highest BCUT2D eigenvalue weighted by Gasteiger charge is 2.49. The van der Waals surface area contributed by atoms with Crippen LogP contribution in [0.15, 0.2) is 273 Å². The Morgan fingerprint density at radius 3 is 0.822 bits per heavy atom. The van der Waals surface area contributed by atoms with Gasteiger partial charge in [0.1, 0.15) is 0 Å². The average Bonchev–Trinajstić information content (AvgIpc) is 3.78. The summed E-state index contributed by atoms with van der Waals surface area (Å²) in [5, 5.41) is 0. The predicted molar refractivity (Wildman–Crippen MR) is 300 cm³/mol. The molecule has 0 bridgehead atoms. The highest BCUT2D eigenvalue weighted by Crippen LogP contribution is 2.61. The first-order valence-electron chi connectivity index (χ1n) is 25.0. The van der Waals surface area contributed by atoms with Crippen molar-refractivity contribution in [3.8, 4) is 112 Å². The van der Waals surface area contributed by atoms with Crippen molar-refractivity contribution in [1.29, 1.82) is 0 Å². The molecule has 340 valence electrons. The van der Waals surface area contributed by atoms with Gasteiger partial charge in [-0.3, -0.25) is 0 Å². The maximum Gasteiger partial charge on any atom is 0.164 e. The van der Waals surface area contributed by atoms with Gasteiger partial charge in [-0.15, -0.1) is 0 Å². The first kappa shape index (κ1) is 42.3. The fourth-order valence-corrected chi connectivity index (χ4v) is 11.7. The van der Waals surface area contributed by atoms with Crippen molar-refractivity contribution in [2.24, 2.45) is 0 Å². The number of benzene rings is 11. The number of rotatable bonds is 7. The Morgan fingerprint density at radius 1 is 0.178 bits per heavy atom. The minimum Gasteiger partial charge on any atom is -0.208 e. The van der Waals surface area contributed by atoms with E-state index in [1.165, 1.54) is 55.6 Å². The van der Waals surface area contributed by atoms with Crippen molar-refractivity contribution >= 4 is 0 Å². The van der Waals surface area contributed by atoms with Gasteiger partial charge in [-0.05, 0) is 143 Å². The molecule has 0 N–H and O–H groups in total. The van der Waals surface area contributed by atoms with Crippen LogP contribution < -0.4 is 0 Å². The van der Waals surface area contributed by atoms with E-state index in [9.17, 15) is 0 Å². The topological polar surface area (TPSA) is 38.7 Å². The fourth-order valence-electron chi connectivity index (χ4n) is 11.7. The Morgan fingerprint density at radius 2 is 0.452 bits per heavy atom. The molecule has 11 aromatic carbocycles.